The number of rotatable bonds is 1. The number of hydrogen-bond acceptors (Lipinski definition) is 3. The fourth-order valence-electron chi connectivity index (χ4n) is 1.73. The average Bonchev–Trinajstić information content (AvgIpc) is 2.25. The quantitative estimate of drug-likeness (QED) is 0.659. The molecule has 0 amide bonds. The van der Waals surface area contributed by atoms with Gasteiger partial charge < -0.3 is 5.73 Å². The highest BCUT2D eigenvalue weighted by molar-refractivity contribution is 5.10. The zero-order valence-electron chi connectivity index (χ0n) is 7.54. The maximum Gasteiger partial charge on any atom is 0.147 e. The second-order valence-electron chi connectivity index (χ2n) is 3.62. The molecule has 1 heterocycles. The first-order valence-electron chi connectivity index (χ1n) is 4.29. The van der Waals surface area contributed by atoms with Crippen LogP contribution in [0.4, 0.5) is 0 Å². The van der Waals surface area contributed by atoms with E-state index in [2.05, 4.69) is 10.1 Å². The molecule has 0 unspecified atom stereocenters. The first-order valence-corrected chi connectivity index (χ1v) is 4.29. The Kier molecular flexibility index (Phi) is 1.48. The monoisotopic (exact) mass is 166 g/mol. The predicted molar refractivity (Wildman–Crippen MR) is 45.5 cm³/mol. The largest absolute Gasteiger partial charge is 0.319 e. The van der Waals surface area contributed by atoms with Crippen molar-refractivity contribution in [2.45, 2.75) is 31.7 Å². The van der Waals surface area contributed by atoms with Gasteiger partial charge in [0.1, 0.15) is 11.6 Å². The summed E-state index contributed by atoms with van der Waals surface area (Å²) in [7, 11) is 1.91. The zero-order valence-corrected chi connectivity index (χ0v) is 7.54. The summed E-state index contributed by atoms with van der Waals surface area (Å²) < 4.78 is 1.80. The molecular formula is C8H14N4. The van der Waals surface area contributed by atoms with E-state index in [4.69, 9.17) is 5.73 Å². The summed E-state index contributed by atoms with van der Waals surface area (Å²) in [5, 5.41) is 4.18. The van der Waals surface area contributed by atoms with Crippen LogP contribution in [0.2, 0.25) is 0 Å². The zero-order chi connectivity index (χ0) is 8.77. The van der Waals surface area contributed by atoms with E-state index in [1.54, 1.807) is 4.68 Å². The molecule has 0 radical (unpaired) electrons. The summed E-state index contributed by atoms with van der Waals surface area (Å²) >= 11 is 0. The molecule has 4 heteroatoms. The number of hydrogen-bond donors (Lipinski definition) is 1. The lowest BCUT2D eigenvalue weighted by Gasteiger charge is -2.36. The van der Waals surface area contributed by atoms with Gasteiger partial charge >= 0.3 is 0 Å². The Balaban J connectivity index is 2.38. The topological polar surface area (TPSA) is 56.7 Å². The van der Waals surface area contributed by atoms with Crippen molar-refractivity contribution in [2.24, 2.45) is 12.8 Å². The molecule has 0 aromatic carbocycles. The van der Waals surface area contributed by atoms with Crippen molar-refractivity contribution in [1.82, 2.24) is 14.8 Å². The van der Waals surface area contributed by atoms with E-state index >= 15 is 0 Å². The highest BCUT2D eigenvalue weighted by atomic mass is 15.3. The van der Waals surface area contributed by atoms with Gasteiger partial charge in [-0.25, -0.2) is 4.98 Å². The van der Waals surface area contributed by atoms with Gasteiger partial charge in [0.2, 0.25) is 0 Å². The predicted octanol–water partition coefficient (Wildman–Crippen LogP) is 0.461. The Morgan fingerprint density at radius 1 is 1.50 bits per heavy atom. The van der Waals surface area contributed by atoms with Gasteiger partial charge in [-0.1, -0.05) is 0 Å². The molecule has 0 saturated heterocycles. The third kappa shape index (κ3) is 0.948. The first-order chi connectivity index (χ1) is 5.62. The third-order valence-electron chi connectivity index (χ3n) is 2.56. The van der Waals surface area contributed by atoms with E-state index < -0.39 is 0 Å². The average molecular weight is 166 g/mol. The molecule has 66 valence electrons. The van der Waals surface area contributed by atoms with Crippen molar-refractivity contribution in [3.8, 4) is 0 Å². The van der Waals surface area contributed by atoms with E-state index in [-0.39, 0.29) is 5.54 Å². The van der Waals surface area contributed by atoms with Crippen LogP contribution < -0.4 is 5.73 Å². The SMILES string of the molecule is Cc1nc(C2(N)CCC2)n(C)n1. The fourth-order valence-corrected chi connectivity index (χ4v) is 1.73. The summed E-state index contributed by atoms with van der Waals surface area (Å²) in [6.45, 7) is 1.89. The van der Waals surface area contributed by atoms with Crippen LogP contribution in [0, 0.1) is 6.92 Å². The first kappa shape index (κ1) is 7.73. The van der Waals surface area contributed by atoms with Gasteiger partial charge in [-0.2, -0.15) is 5.10 Å². The van der Waals surface area contributed by atoms with Crippen LogP contribution in [0.3, 0.4) is 0 Å². The Labute approximate surface area is 71.8 Å². The maximum absolute atomic E-state index is 6.11. The lowest BCUT2D eigenvalue weighted by atomic mass is 9.77. The molecule has 2 N–H and O–H groups in total. The van der Waals surface area contributed by atoms with E-state index in [1.807, 2.05) is 14.0 Å². The maximum atomic E-state index is 6.11. The molecular weight excluding hydrogens is 152 g/mol. The summed E-state index contributed by atoms with van der Waals surface area (Å²) in [5.74, 6) is 1.75. The van der Waals surface area contributed by atoms with Crippen molar-refractivity contribution in [1.29, 1.82) is 0 Å². The molecule has 1 fully saturated rings. The molecule has 1 aromatic heterocycles. The minimum Gasteiger partial charge on any atom is -0.319 e. The van der Waals surface area contributed by atoms with Crippen molar-refractivity contribution < 1.29 is 0 Å². The van der Waals surface area contributed by atoms with E-state index in [0.29, 0.717) is 0 Å². The van der Waals surface area contributed by atoms with E-state index in [9.17, 15) is 0 Å². The summed E-state index contributed by atoms with van der Waals surface area (Å²) in [4.78, 5) is 4.33. The molecule has 0 bridgehead atoms. The van der Waals surface area contributed by atoms with Crippen molar-refractivity contribution in [3.05, 3.63) is 11.6 Å². The molecule has 1 saturated carbocycles. The Morgan fingerprint density at radius 3 is 2.50 bits per heavy atom. The standard InChI is InChI=1S/C8H14N4/c1-6-10-7(12(2)11-6)8(9)4-3-5-8/h3-5,9H2,1-2H3. The van der Waals surface area contributed by atoms with Gasteiger partial charge in [0, 0.05) is 7.05 Å². The second-order valence-corrected chi connectivity index (χ2v) is 3.62. The molecule has 1 aliphatic rings. The van der Waals surface area contributed by atoms with Crippen molar-refractivity contribution in [3.63, 3.8) is 0 Å². The van der Waals surface area contributed by atoms with Crippen LogP contribution >= 0.6 is 0 Å². The normalized spacial score (nSPS) is 20.6. The molecule has 1 aliphatic carbocycles. The molecule has 4 nitrogen and oxygen atoms in total. The van der Waals surface area contributed by atoms with Gasteiger partial charge in [0.15, 0.2) is 0 Å². The van der Waals surface area contributed by atoms with Crippen LogP contribution in [0.25, 0.3) is 0 Å². The molecule has 2 rings (SSSR count). The Hall–Kier alpha value is -0.900. The molecule has 12 heavy (non-hydrogen) atoms. The van der Waals surface area contributed by atoms with Gasteiger partial charge in [0.05, 0.1) is 5.54 Å². The van der Waals surface area contributed by atoms with Crippen LogP contribution in [0.1, 0.15) is 30.9 Å². The number of aromatic nitrogens is 3. The molecule has 0 spiro atoms. The van der Waals surface area contributed by atoms with Crippen LogP contribution in [-0.4, -0.2) is 14.8 Å². The summed E-state index contributed by atoms with van der Waals surface area (Å²) in [6, 6.07) is 0. The van der Waals surface area contributed by atoms with Gasteiger partial charge in [-0.3, -0.25) is 4.68 Å². The van der Waals surface area contributed by atoms with Gasteiger partial charge in [0.25, 0.3) is 0 Å². The van der Waals surface area contributed by atoms with Gasteiger partial charge in [-0.05, 0) is 26.2 Å². The Morgan fingerprint density at radius 2 is 2.17 bits per heavy atom. The number of nitrogens with zero attached hydrogens (tertiary/aromatic N) is 3. The van der Waals surface area contributed by atoms with Crippen LogP contribution in [0.15, 0.2) is 0 Å². The summed E-state index contributed by atoms with van der Waals surface area (Å²) in [6.07, 6.45) is 3.29. The summed E-state index contributed by atoms with van der Waals surface area (Å²) in [5.41, 5.74) is 5.93. The number of aryl methyl sites for hydroxylation is 2. The molecule has 0 atom stereocenters. The third-order valence-corrected chi connectivity index (χ3v) is 2.56. The molecule has 1 aromatic rings. The smallest absolute Gasteiger partial charge is 0.147 e. The highest BCUT2D eigenvalue weighted by Crippen LogP contribution is 2.37. The lowest BCUT2D eigenvalue weighted by Crippen LogP contribution is -2.45. The van der Waals surface area contributed by atoms with Crippen molar-refractivity contribution >= 4 is 0 Å². The number of nitrogens with two attached hydrogens (primary N) is 1. The van der Waals surface area contributed by atoms with Crippen molar-refractivity contribution in [2.75, 3.05) is 0 Å². The van der Waals surface area contributed by atoms with Gasteiger partial charge in [-0.15, -0.1) is 0 Å². The minimum atomic E-state index is -0.185. The minimum absolute atomic E-state index is 0.185. The highest BCUT2D eigenvalue weighted by Gasteiger charge is 2.38. The van der Waals surface area contributed by atoms with Crippen LogP contribution in [-0.2, 0) is 12.6 Å². The fraction of sp³-hybridized carbons (Fsp3) is 0.750. The second kappa shape index (κ2) is 2.29. The van der Waals surface area contributed by atoms with E-state index in [1.165, 1.54) is 6.42 Å². The van der Waals surface area contributed by atoms with E-state index in [0.717, 1.165) is 24.5 Å². The lowest BCUT2D eigenvalue weighted by molar-refractivity contribution is 0.230. The Bertz CT molecular complexity index is 298. The molecule has 0 aliphatic heterocycles. The van der Waals surface area contributed by atoms with Crippen LogP contribution in [0.5, 0.6) is 0 Å².